The number of amides is 1. The van der Waals surface area contributed by atoms with Crippen molar-refractivity contribution in [3.63, 3.8) is 0 Å². The summed E-state index contributed by atoms with van der Waals surface area (Å²) in [5, 5.41) is 13.5. The summed E-state index contributed by atoms with van der Waals surface area (Å²) in [5.74, 6) is -0.287. The maximum atomic E-state index is 13.9. The van der Waals surface area contributed by atoms with Gasteiger partial charge in [-0.1, -0.05) is 0 Å². The number of halogens is 1. The SMILES string of the molecule is N#CC1CCCN1C(=O)CN1CC[C@@H](Nc2cc(F)cc3ncccc23)C1. The number of anilines is 1. The molecule has 0 bridgehead atoms. The summed E-state index contributed by atoms with van der Waals surface area (Å²) in [6.45, 7) is 2.53. The highest BCUT2D eigenvalue weighted by Gasteiger charge is 2.31. The molecule has 2 aliphatic rings. The molecule has 2 saturated heterocycles. The van der Waals surface area contributed by atoms with Gasteiger partial charge in [-0.05, 0) is 37.5 Å². The van der Waals surface area contributed by atoms with Crippen molar-refractivity contribution in [3.8, 4) is 6.07 Å². The Labute approximate surface area is 157 Å². The van der Waals surface area contributed by atoms with Crippen LogP contribution in [0.15, 0.2) is 30.5 Å². The van der Waals surface area contributed by atoms with Gasteiger partial charge in [0.25, 0.3) is 0 Å². The van der Waals surface area contributed by atoms with Gasteiger partial charge < -0.3 is 10.2 Å². The second kappa shape index (κ2) is 7.49. The van der Waals surface area contributed by atoms with Crippen LogP contribution in [0.4, 0.5) is 10.1 Å². The fraction of sp³-hybridized carbons (Fsp3) is 0.450. The molecule has 1 amide bonds. The molecule has 4 rings (SSSR count). The molecular formula is C20H22FN5O. The predicted octanol–water partition coefficient (Wildman–Crippen LogP) is 2.37. The molecule has 140 valence electrons. The number of hydrogen-bond acceptors (Lipinski definition) is 5. The Hall–Kier alpha value is -2.72. The summed E-state index contributed by atoms with van der Waals surface area (Å²) < 4.78 is 13.9. The molecule has 2 aliphatic heterocycles. The van der Waals surface area contributed by atoms with Crippen molar-refractivity contribution < 1.29 is 9.18 Å². The van der Waals surface area contributed by atoms with Gasteiger partial charge >= 0.3 is 0 Å². The molecule has 27 heavy (non-hydrogen) atoms. The summed E-state index contributed by atoms with van der Waals surface area (Å²) in [7, 11) is 0. The van der Waals surface area contributed by atoms with E-state index in [9.17, 15) is 9.18 Å². The number of nitrogens with one attached hydrogen (secondary N) is 1. The fourth-order valence-corrected chi connectivity index (χ4v) is 4.06. The van der Waals surface area contributed by atoms with Gasteiger partial charge in [-0.15, -0.1) is 0 Å². The lowest BCUT2D eigenvalue weighted by Gasteiger charge is -2.23. The number of benzene rings is 1. The molecule has 2 aromatic rings. The maximum absolute atomic E-state index is 13.9. The Morgan fingerprint density at radius 1 is 1.37 bits per heavy atom. The number of pyridine rings is 1. The first-order valence-electron chi connectivity index (χ1n) is 9.36. The topological polar surface area (TPSA) is 72.3 Å². The van der Waals surface area contributed by atoms with E-state index in [4.69, 9.17) is 5.26 Å². The van der Waals surface area contributed by atoms with Crippen LogP contribution in [0.1, 0.15) is 19.3 Å². The minimum Gasteiger partial charge on any atom is -0.380 e. The number of nitrogens with zero attached hydrogens (tertiary/aromatic N) is 4. The Morgan fingerprint density at radius 3 is 3.11 bits per heavy atom. The highest BCUT2D eigenvalue weighted by atomic mass is 19.1. The highest BCUT2D eigenvalue weighted by Crippen LogP contribution is 2.26. The summed E-state index contributed by atoms with van der Waals surface area (Å²) >= 11 is 0. The second-order valence-electron chi connectivity index (χ2n) is 7.26. The first kappa shape index (κ1) is 17.7. The first-order valence-corrected chi connectivity index (χ1v) is 9.36. The maximum Gasteiger partial charge on any atom is 0.237 e. The van der Waals surface area contributed by atoms with E-state index in [-0.39, 0.29) is 23.8 Å². The van der Waals surface area contributed by atoms with Gasteiger partial charge in [-0.3, -0.25) is 14.7 Å². The lowest BCUT2D eigenvalue weighted by Crippen LogP contribution is -2.42. The van der Waals surface area contributed by atoms with Gasteiger partial charge in [0.2, 0.25) is 5.91 Å². The number of aromatic nitrogens is 1. The van der Waals surface area contributed by atoms with Crippen LogP contribution in [0.5, 0.6) is 0 Å². The van der Waals surface area contributed by atoms with E-state index < -0.39 is 0 Å². The van der Waals surface area contributed by atoms with Crippen LogP contribution in [0, 0.1) is 17.1 Å². The van der Waals surface area contributed by atoms with Gasteiger partial charge in [0.1, 0.15) is 11.9 Å². The molecule has 1 aromatic heterocycles. The van der Waals surface area contributed by atoms with Gasteiger partial charge in [0.15, 0.2) is 0 Å². The average molecular weight is 367 g/mol. The first-order chi connectivity index (χ1) is 13.1. The van der Waals surface area contributed by atoms with E-state index in [0.29, 0.717) is 18.6 Å². The Balaban J connectivity index is 1.39. The van der Waals surface area contributed by atoms with Gasteiger partial charge in [0.05, 0.1) is 18.1 Å². The molecule has 3 heterocycles. The molecule has 1 aromatic carbocycles. The van der Waals surface area contributed by atoms with Gasteiger partial charge in [-0.2, -0.15) is 5.26 Å². The summed E-state index contributed by atoms with van der Waals surface area (Å²) in [6.07, 6.45) is 4.20. The fourth-order valence-electron chi connectivity index (χ4n) is 4.06. The van der Waals surface area contributed by atoms with Crippen molar-refractivity contribution in [2.24, 2.45) is 0 Å². The Morgan fingerprint density at radius 2 is 2.26 bits per heavy atom. The minimum absolute atomic E-state index is 0.0279. The van der Waals surface area contributed by atoms with Crippen molar-refractivity contribution in [3.05, 3.63) is 36.3 Å². The van der Waals surface area contributed by atoms with E-state index >= 15 is 0 Å². The number of carbonyl (C=O) groups excluding carboxylic acids is 1. The van der Waals surface area contributed by atoms with E-state index in [2.05, 4.69) is 21.3 Å². The molecule has 7 heteroatoms. The quantitative estimate of drug-likeness (QED) is 0.898. The Kier molecular flexibility index (Phi) is 4.90. The van der Waals surface area contributed by atoms with Crippen LogP contribution in [-0.4, -0.2) is 59.0 Å². The second-order valence-corrected chi connectivity index (χ2v) is 7.26. The zero-order chi connectivity index (χ0) is 18.8. The number of fused-ring (bicyclic) bond motifs is 1. The number of nitriles is 1. The molecule has 2 atom stereocenters. The van der Waals surface area contributed by atoms with Crippen LogP contribution < -0.4 is 5.32 Å². The molecular weight excluding hydrogens is 345 g/mol. The molecule has 6 nitrogen and oxygen atoms in total. The monoisotopic (exact) mass is 367 g/mol. The summed E-state index contributed by atoms with van der Waals surface area (Å²) in [5.41, 5.74) is 1.36. The largest absolute Gasteiger partial charge is 0.380 e. The van der Waals surface area contributed by atoms with Crippen LogP contribution in [0.25, 0.3) is 10.9 Å². The lowest BCUT2D eigenvalue weighted by atomic mass is 10.1. The lowest BCUT2D eigenvalue weighted by molar-refractivity contribution is -0.132. The van der Waals surface area contributed by atoms with Crippen molar-refractivity contribution in [2.45, 2.75) is 31.3 Å². The summed E-state index contributed by atoms with van der Waals surface area (Å²) in [4.78, 5) is 20.5. The number of hydrogen-bond donors (Lipinski definition) is 1. The van der Waals surface area contributed by atoms with Crippen LogP contribution >= 0.6 is 0 Å². The molecule has 1 N–H and O–H groups in total. The Bertz CT molecular complexity index is 896. The average Bonchev–Trinajstić information content (AvgIpc) is 3.30. The van der Waals surface area contributed by atoms with E-state index in [0.717, 1.165) is 43.4 Å². The number of rotatable bonds is 4. The van der Waals surface area contributed by atoms with E-state index in [1.165, 1.54) is 12.1 Å². The molecule has 0 spiro atoms. The van der Waals surface area contributed by atoms with Crippen molar-refractivity contribution in [2.75, 3.05) is 31.5 Å². The molecule has 2 fully saturated rings. The van der Waals surface area contributed by atoms with Crippen molar-refractivity contribution in [1.82, 2.24) is 14.8 Å². The molecule has 1 unspecified atom stereocenters. The third kappa shape index (κ3) is 3.71. The number of likely N-dealkylation sites (tertiary alicyclic amines) is 2. The standard InChI is InChI=1S/C20H22FN5O/c21-14-9-18-17(4-1-6-23-18)19(10-14)24-15-5-8-25(12-15)13-20(27)26-7-2-3-16(26)11-22/h1,4,6,9-10,15-16,24H,2-3,5,7-8,12-13H2/t15-,16?/m1/s1. The van der Waals surface area contributed by atoms with E-state index in [1.54, 1.807) is 11.1 Å². The summed E-state index contributed by atoms with van der Waals surface area (Å²) in [6, 6.07) is 8.78. The predicted molar refractivity (Wildman–Crippen MR) is 101 cm³/mol. The van der Waals surface area contributed by atoms with Crippen molar-refractivity contribution >= 4 is 22.5 Å². The van der Waals surface area contributed by atoms with Crippen LogP contribution in [-0.2, 0) is 4.79 Å². The third-order valence-corrected chi connectivity index (χ3v) is 5.40. The van der Waals surface area contributed by atoms with Crippen LogP contribution in [0.3, 0.4) is 0 Å². The van der Waals surface area contributed by atoms with E-state index in [1.807, 2.05) is 12.1 Å². The smallest absolute Gasteiger partial charge is 0.237 e. The van der Waals surface area contributed by atoms with Crippen molar-refractivity contribution in [1.29, 1.82) is 5.26 Å². The normalized spacial score (nSPS) is 22.9. The third-order valence-electron chi connectivity index (χ3n) is 5.40. The van der Waals surface area contributed by atoms with Crippen LogP contribution in [0.2, 0.25) is 0 Å². The molecule has 0 saturated carbocycles. The minimum atomic E-state index is -0.315. The molecule has 0 radical (unpaired) electrons. The zero-order valence-corrected chi connectivity index (χ0v) is 15.1. The van der Waals surface area contributed by atoms with Gasteiger partial charge in [-0.25, -0.2) is 4.39 Å². The highest BCUT2D eigenvalue weighted by molar-refractivity contribution is 5.91. The zero-order valence-electron chi connectivity index (χ0n) is 15.1. The number of carbonyl (C=O) groups is 1. The molecule has 0 aliphatic carbocycles. The van der Waals surface area contributed by atoms with Gasteiger partial charge in [0, 0.05) is 49.0 Å².